The van der Waals surface area contributed by atoms with E-state index in [2.05, 4.69) is 5.32 Å². The standard InChI is InChI=1S/C18H20FNO3/c1-12(9-17(21)14-5-7-16(19)8-6-14)20-11-13-3-2-4-15(10-13)18(22)23/h2-8,10,12,17,20-21H,9,11H2,1H3,(H,22,23). The Balaban J connectivity index is 1.87. The Kier molecular flexibility index (Phi) is 5.84. The number of carboxylic acids is 1. The first-order chi connectivity index (χ1) is 11.0. The number of benzene rings is 2. The zero-order chi connectivity index (χ0) is 16.8. The van der Waals surface area contributed by atoms with E-state index in [0.717, 1.165) is 5.56 Å². The van der Waals surface area contributed by atoms with E-state index in [-0.39, 0.29) is 17.4 Å². The van der Waals surface area contributed by atoms with Crippen LogP contribution in [0.5, 0.6) is 0 Å². The van der Waals surface area contributed by atoms with E-state index >= 15 is 0 Å². The Morgan fingerprint density at radius 1 is 1.22 bits per heavy atom. The number of halogens is 1. The number of aliphatic hydroxyl groups is 1. The number of hydrogen-bond acceptors (Lipinski definition) is 3. The Labute approximate surface area is 134 Å². The molecule has 3 N–H and O–H groups in total. The lowest BCUT2D eigenvalue weighted by atomic mass is 10.0. The summed E-state index contributed by atoms with van der Waals surface area (Å²) < 4.78 is 12.9. The predicted octanol–water partition coefficient (Wildman–Crippen LogP) is 3.13. The Morgan fingerprint density at radius 3 is 2.57 bits per heavy atom. The van der Waals surface area contributed by atoms with Crippen molar-refractivity contribution >= 4 is 5.97 Å². The molecule has 2 atom stereocenters. The van der Waals surface area contributed by atoms with E-state index < -0.39 is 12.1 Å². The average Bonchev–Trinajstić information content (AvgIpc) is 2.53. The molecular weight excluding hydrogens is 297 g/mol. The molecule has 0 spiro atoms. The monoisotopic (exact) mass is 317 g/mol. The van der Waals surface area contributed by atoms with Crippen LogP contribution in [0, 0.1) is 5.82 Å². The normalized spacial score (nSPS) is 13.5. The fourth-order valence-electron chi connectivity index (χ4n) is 2.35. The third-order valence-electron chi connectivity index (χ3n) is 3.66. The fourth-order valence-corrected chi connectivity index (χ4v) is 2.35. The molecule has 0 heterocycles. The number of carbonyl (C=O) groups is 1. The average molecular weight is 317 g/mol. The van der Waals surface area contributed by atoms with E-state index in [9.17, 15) is 14.3 Å². The van der Waals surface area contributed by atoms with Gasteiger partial charge in [-0.2, -0.15) is 0 Å². The second kappa shape index (κ2) is 7.85. The first kappa shape index (κ1) is 17.1. The topological polar surface area (TPSA) is 69.6 Å². The molecule has 2 rings (SSSR count). The number of nitrogens with one attached hydrogen (secondary N) is 1. The molecule has 0 fully saturated rings. The largest absolute Gasteiger partial charge is 0.478 e. The molecule has 2 aromatic rings. The quantitative estimate of drug-likeness (QED) is 0.734. The third-order valence-corrected chi connectivity index (χ3v) is 3.66. The van der Waals surface area contributed by atoms with Crippen LogP contribution in [0.2, 0.25) is 0 Å². The number of rotatable bonds is 7. The molecule has 122 valence electrons. The molecule has 0 radical (unpaired) electrons. The maximum Gasteiger partial charge on any atom is 0.335 e. The van der Waals surface area contributed by atoms with Crippen LogP contribution in [0.4, 0.5) is 4.39 Å². The van der Waals surface area contributed by atoms with Crippen LogP contribution < -0.4 is 5.32 Å². The molecule has 0 saturated heterocycles. The maximum atomic E-state index is 12.9. The minimum absolute atomic E-state index is 0.0172. The first-order valence-corrected chi connectivity index (χ1v) is 7.45. The van der Waals surface area contributed by atoms with Crippen LogP contribution >= 0.6 is 0 Å². The summed E-state index contributed by atoms with van der Waals surface area (Å²) in [4.78, 5) is 10.9. The van der Waals surface area contributed by atoms with E-state index in [1.807, 2.05) is 13.0 Å². The predicted molar refractivity (Wildman–Crippen MR) is 85.7 cm³/mol. The van der Waals surface area contributed by atoms with E-state index in [0.29, 0.717) is 18.5 Å². The number of aliphatic hydroxyl groups excluding tert-OH is 1. The molecule has 2 unspecified atom stereocenters. The molecular formula is C18H20FNO3. The Bertz CT molecular complexity index is 658. The van der Waals surface area contributed by atoms with Gasteiger partial charge >= 0.3 is 5.97 Å². The molecule has 0 aliphatic heterocycles. The summed E-state index contributed by atoms with van der Waals surface area (Å²) in [6, 6.07) is 12.5. The van der Waals surface area contributed by atoms with Crippen molar-refractivity contribution in [1.82, 2.24) is 5.32 Å². The van der Waals surface area contributed by atoms with Gasteiger partial charge in [0.05, 0.1) is 11.7 Å². The minimum atomic E-state index is -0.952. The van der Waals surface area contributed by atoms with Gasteiger partial charge in [-0.3, -0.25) is 0 Å². The van der Waals surface area contributed by atoms with E-state index in [1.54, 1.807) is 30.3 Å². The van der Waals surface area contributed by atoms with Gasteiger partial charge in [0, 0.05) is 12.6 Å². The van der Waals surface area contributed by atoms with Gasteiger partial charge in [-0.05, 0) is 48.7 Å². The van der Waals surface area contributed by atoms with Gasteiger partial charge in [0.25, 0.3) is 0 Å². The molecule has 0 bridgehead atoms. The highest BCUT2D eigenvalue weighted by Gasteiger charge is 2.12. The second-order valence-electron chi connectivity index (χ2n) is 5.59. The fraction of sp³-hybridized carbons (Fsp3) is 0.278. The molecule has 0 aromatic heterocycles. The summed E-state index contributed by atoms with van der Waals surface area (Å²) in [6.45, 7) is 2.45. The highest BCUT2D eigenvalue weighted by molar-refractivity contribution is 5.87. The lowest BCUT2D eigenvalue weighted by Crippen LogP contribution is -2.27. The molecule has 0 aliphatic carbocycles. The smallest absolute Gasteiger partial charge is 0.335 e. The van der Waals surface area contributed by atoms with Crippen LogP contribution in [-0.2, 0) is 6.54 Å². The summed E-state index contributed by atoms with van der Waals surface area (Å²) in [5.74, 6) is -1.28. The van der Waals surface area contributed by atoms with Crippen molar-refractivity contribution in [3.8, 4) is 0 Å². The highest BCUT2D eigenvalue weighted by Crippen LogP contribution is 2.18. The van der Waals surface area contributed by atoms with Crippen LogP contribution in [0.1, 0.15) is 40.9 Å². The van der Waals surface area contributed by atoms with Crippen molar-refractivity contribution < 1.29 is 19.4 Å². The third kappa shape index (κ3) is 5.16. The van der Waals surface area contributed by atoms with Crippen molar-refractivity contribution in [2.75, 3.05) is 0 Å². The van der Waals surface area contributed by atoms with Gasteiger partial charge in [-0.1, -0.05) is 24.3 Å². The lowest BCUT2D eigenvalue weighted by Gasteiger charge is -2.18. The number of hydrogen-bond donors (Lipinski definition) is 3. The SMILES string of the molecule is CC(CC(O)c1ccc(F)cc1)NCc1cccc(C(=O)O)c1. The van der Waals surface area contributed by atoms with Crippen molar-refractivity contribution in [1.29, 1.82) is 0 Å². The zero-order valence-electron chi connectivity index (χ0n) is 12.9. The van der Waals surface area contributed by atoms with Crippen molar-refractivity contribution in [3.05, 3.63) is 71.0 Å². The van der Waals surface area contributed by atoms with Gasteiger partial charge in [-0.15, -0.1) is 0 Å². The number of aromatic carboxylic acids is 1. The summed E-state index contributed by atoms with van der Waals surface area (Å²) >= 11 is 0. The summed E-state index contributed by atoms with van der Waals surface area (Å²) in [7, 11) is 0. The molecule has 5 heteroatoms. The van der Waals surface area contributed by atoms with Gasteiger partial charge in [0.2, 0.25) is 0 Å². The van der Waals surface area contributed by atoms with Crippen LogP contribution in [-0.4, -0.2) is 22.2 Å². The molecule has 23 heavy (non-hydrogen) atoms. The molecule has 4 nitrogen and oxygen atoms in total. The molecule has 2 aromatic carbocycles. The Morgan fingerprint density at radius 2 is 1.91 bits per heavy atom. The van der Waals surface area contributed by atoms with E-state index in [1.165, 1.54) is 12.1 Å². The molecule has 0 amide bonds. The van der Waals surface area contributed by atoms with Crippen LogP contribution in [0.3, 0.4) is 0 Å². The van der Waals surface area contributed by atoms with E-state index in [4.69, 9.17) is 5.11 Å². The van der Waals surface area contributed by atoms with Gasteiger partial charge < -0.3 is 15.5 Å². The minimum Gasteiger partial charge on any atom is -0.478 e. The number of carboxylic acid groups (broad SMARTS) is 1. The highest BCUT2D eigenvalue weighted by atomic mass is 19.1. The van der Waals surface area contributed by atoms with Crippen LogP contribution in [0.25, 0.3) is 0 Å². The zero-order valence-corrected chi connectivity index (χ0v) is 12.9. The van der Waals surface area contributed by atoms with Crippen molar-refractivity contribution in [2.24, 2.45) is 0 Å². The second-order valence-corrected chi connectivity index (χ2v) is 5.59. The lowest BCUT2D eigenvalue weighted by molar-refractivity contribution is 0.0696. The van der Waals surface area contributed by atoms with Gasteiger partial charge in [-0.25, -0.2) is 9.18 Å². The van der Waals surface area contributed by atoms with Crippen molar-refractivity contribution in [2.45, 2.75) is 32.0 Å². The summed E-state index contributed by atoms with van der Waals surface area (Å²) in [5, 5.41) is 22.4. The van der Waals surface area contributed by atoms with Gasteiger partial charge in [0.1, 0.15) is 5.82 Å². The first-order valence-electron chi connectivity index (χ1n) is 7.45. The Hall–Kier alpha value is -2.24. The molecule has 0 aliphatic rings. The summed E-state index contributed by atoms with van der Waals surface area (Å²) in [6.07, 6.45) is -0.201. The van der Waals surface area contributed by atoms with Crippen LogP contribution in [0.15, 0.2) is 48.5 Å². The molecule has 0 saturated carbocycles. The van der Waals surface area contributed by atoms with Gasteiger partial charge in [0.15, 0.2) is 0 Å². The summed E-state index contributed by atoms with van der Waals surface area (Å²) in [5.41, 5.74) is 1.80. The van der Waals surface area contributed by atoms with Crippen molar-refractivity contribution in [3.63, 3.8) is 0 Å². The maximum absolute atomic E-state index is 12.9.